The van der Waals surface area contributed by atoms with Crippen LogP contribution in [0.2, 0.25) is 0 Å². The zero-order chi connectivity index (χ0) is 63.3. The quantitative estimate of drug-likeness (QED) is 0.0358. The van der Waals surface area contributed by atoms with Gasteiger partial charge in [0, 0.05) is 20.4 Å². The van der Waals surface area contributed by atoms with E-state index in [1.54, 1.807) is 0 Å². The fraction of sp³-hybridized carbons (Fsp3) is 0.793. The molecule has 2 aromatic rings. The Hall–Kier alpha value is -2.08. The second-order valence-electron chi connectivity index (χ2n) is 28.3. The Labute approximate surface area is 578 Å². The van der Waals surface area contributed by atoms with Crippen LogP contribution in [0.1, 0.15) is 456 Å². The van der Waals surface area contributed by atoms with Gasteiger partial charge in [0.1, 0.15) is 0 Å². The third-order valence-corrected chi connectivity index (χ3v) is 19.5. The molecule has 2 rings (SSSR count). The number of rotatable bonds is 70. The molecule has 0 saturated heterocycles. The molecule has 0 spiro atoms. The maximum atomic E-state index is 5.51. The van der Waals surface area contributed by atoms with Gasteiger partial charge in [0.15, 0.2) is 0 Å². The van der Waals surface area contributed by atoms with E-state index >= 15 is 0 Å². The largest absolute Gasteiger partial charge is 0.252 e. The number of aliphatic imine (C=N–C) groups is 2. The monoisotopic (exact) mass is 1330 g/mol. The summed E-state index contributed by atoms with van der Waals surface area (Å²) in [6.07, 6.45) is 100. The van der Waals surface area contributed by atoms with Gasteiger partial charge in [-0.15, -0.1) is 0 Å². The van der Waals surface area contributed by atoms with Gasteiger partial charge >= 0.3 is 0 Å². The topological polar surface area (TPSA) is 24.7 Å². The van der Waals surface area contributed by atoms with Crippen LogP contribution >= 0.6 is 0 Å². The van der Waals surface area contributed by atoms with E-state index in [2.05, 4.69) is 101 Å². The van der Waals surface area contributed by atoms with Crippen molar-refractivity contribution in [3.05, 3.63) is 71.8 Å². The number of allylic oxidation sites excluding steroid dienone is 2. The van der Waals surface area contributed by atoms with E-state index in [0.717, 1.165) is 43.5 Å². The third-order valence-electron chi connectivity index (χ3n) is 19.5. The van der Waals surface area contributed by atoms with Crippen LogP contribution in [-0.4, -0.2) is 11.4 Å². The predicted octanol–water partition coefficient (Wildman–Crippen LogP) is 32.0. The van der Waals surface area contributed by atoms with Crippen LogP contribution in [0.4, 0.5) is 11.4 Å². The van der Waals surface area contributed by atoms with E-state index in [4.69, 9.17) is 9.98 Å². The van der Waals surface area contributed by atoms with E-state index in [1.807, 2.05) is 0 Å². The summed E-state index contributed by atoms with van der Waals surface area (Å²) in [6, 6.07) is 18.0. The van der Waals surface area contributed by atoms with Crippen LogP contribution in [0.25, 0.3) is 12.2 Å². The molecule has 522 valence electrons. The summed E-state index contributed by atoms with van der Waals surface area (Å²) >= 11 is 0. The molecule has 0 fully saturated rings. The molecule has 0 bridgehead atoms. The molecule has 0 aliphatic heterocycles. The van der Waals surface area contributed by atoms with Crippen LogP contribution in [-0.2, 0) is 20.4 Å². The van der Waals surface area contributed by atoms with Gasteiger partial charge in [0.25, 0.3) is 0 Å². The van der Waals surface area contributed by atoms with Gasteiger partial charge in [0.05, 0.1) is 22.8 Å². The molecular weight excluding hydrogens is 1180 g/mol. The van der Waals surface area contributed by atoms with Gasteiger partial charge < -0.3 is 0 Å². The summed E-state index contributed by atoms with van der Waals surface area (Å²) in [7, 11) is 0. The second kappa shape index (κ2) is 71.2. The molecule has 0 aliphatic rings. The van der Waals surface area contributed by atoms with Crippen LogP contribution in [0.3, 0.4) is 0 Å². The van der Waals surface area contributed by atoms with E-state index in [-0.39, 0.29) is 20.4 Å². The standard InChI is InChI=1S/C87H154N2.Pd/c1-5-9-13-16-19-22-25-28-30-32-34-36-38-40-42-44-46-48-50-53-55-58-61-64-67-72-82-74-70-76-84(80-82)88-86(78-12-8-4)87(79-69-66-63-60-57-52-27-24-21-18-15-11-7-3)89-85-77-71-75-83(81-85)73-68-65-62-59-56-54-51-49-47-45-43-41-39-37-35-33-31-29-26-23-20-17-14-10-6-2;/h67-68,70-77,80-81H,5-66,69,78-79H2,1-4H3;. The Balaban J connectivity index is 0.0000405. The molecule has 0 saturated carbocycles. The minimum atomic E-state index is 0. The summed E-state index contributed by atoms with van der Waals surface area (Å²) < 4.78 is 0. The van der Waals surface area contributed by atoms with Crippen molar-refractivity contribution in [1.82, 2.24) is 0 Å². The molecule has 0 N–H and O–H groups in total. The number of hydrogen-bond donors (Lipinski definition) is 0. The van der Waals surface area contributed by atoms with Crippen molar-refractivity contribution < 1.29 is 20.4 Å². The minimum Gasteiger partial charge on any atom is -0.252 e. The molecule has 0 atom stereocenters. The van der Waals surface area contributed by atoms with Crippen molar-refractivity contribution in [3.8, 4) is 0 Å². The number of nitrogens with zero attached hydrogens (tertiary/aromatic N) is 2. The van der Waals surface area contributed by atoms with Gasteiger partial charge in [0.2, 0.25) is 0 Å². The molecule has 0 aliphatic carbocycles. The van der Waals surface area contributed by atoms with Crippen molar-refractivity contribution in [1.29, 1.82) is 0 Å². The summed E-state index contributed by atoms with van der Waals surface area (Å²) in [4.78, 5) is 11.0. The molecule has 3 heteroatoms. The fourth-order valence-corrected chi connectivity index (χ4v) is 13.4. The molecule has 0 heterocycles. The first-order valence-corrected chi connectivity index (χ1v) is 40.9. The summed E-state index contributed by atoms with van der Waals surface area (Å²) in [5.41, 5.74) is 7.07. The van der Waals surface area contributed by atoms with Crippen molar-refractivity contribution in [2.75, 3.05) is 0 Å². The van der Waals surface area contributed by atoms with Crippen molar-refractivity contribution in [3.63, 3.8) is 0 Å². The van der Waals surface area contributed by atoms with Crippen molar-refractivity contribution >= 4 is 35.0 Å². The Kier molecular flexibility index (Phi) is 68.0. The minimum absolute atomic E-state index is 0. The summed E-state index contributed by atoms with van der Waals surface area (Å²) in [5.74, 6) is 0. The normalized spacial score (nSPS) is 12.2. The van der Waals surface area contributed by atoms with Crippen molar-refractivity contribution in [2.45, 2.75) is 445 Å². The van der Waals surface area contributed by atoms with Crippen molar-refractivity contribution in [2.24, 2.45) is 9.98 Å². The molecule has 2 aromatic carbocycles. The summed E-state index contributed by atoms with van der Waals surface area (Å²) in [5, 5.41) is 0. The van der Waals surface area contributed by atoms with Crippen LogP contribution in [0.15, 0.2) is 70.7 Å². The fourth-order valence-electron chi connectivity index (χ4n) is 13.4. The van der Waals surface area contributed by atoms with E-state index in [0.29, 0.717) is 0 Å². The Morgan fingerprint density at radius 1 is 0.244 bits per heavy atom. The van der Waals surface area contributed by atoms with E-state index < -0.39 is 0 Å². The second-order valence-corrected chi connectivity index (χ2v) is 28.3. The van der Waals surface area contributed by atoms with Crippen LogP contribution in [0.5, 0.6) is 0 Å². The molecule has 0 unspecified atom stereocenters. The van der Waals surface area contributed by atoms with Crippen LogP contribution in [0, 0.1) is 0 Å². The first-order chi connectivity index (χ1) is 44.2. The SMILES string of the molecule is CCCCCCCCCCCCCCCCCCCCCCCCCC=Cc1cccc(N=C(CCCC)C(CCCCCCCCCCCCCCC)=Nc2cccc(C=CCCCCCCCCCCCCCCCCCCCCCCCCC)c2)c1.[Pd]. The maximum Gasteiger partial charge on any atom is 0.0639 e. The Morgan fingerprint density at radius 2 is 0.444 bits per heavy atom. The van der Waals surface area contributed by atoms with Crippen LogP contribution < -0.4 is 0 Å². The zero-order valence-corrected chi connectivity index (χ0v) is 62.7. The Morgan fingerprint density at radius 3 is 0.678 bits per heavy atom. The molecule has 0 amide bonds. The Bertz CT molecular complexity index is 1870. The average molecular weight is 1330 g/mol. The molecule has 2 nitrogen and oxygen atoms in total. The van der Waals surface area contributed by atoms with E-state index in [9.17, 15) is 0 Å². The van der Waals surface area contributed by atoms with Gasteiger partial charge in [-0.1, -0.05) is 442 Å². The molecule has 90 heavy (non-hydrogen) atoms. The summed E-state index contributed by atoms with van der Waals surface area (Å²) in [6.45, 7) is 9.26. The van der Waals surface area contributed by atoms with Gasteiger partial charge in [-0.3, -0.25) is 9.98 Å². The van der Waals surface area contributed by atoms with Gasteiger partial charge in [-0.2, -0.15) is 0 Å². The first-order valence-electron chi connectivity index (χ1n) is 40.9. The third kappa shape index (κ3) is 58.5. The molecule has 0 radical (unpaired) electrons. The zero-order valence-electron chi connectivity index (χ0n) is 61.1. The van der Waals surface area contributed by atoms with E-state index in [1.165, 1.54) is 408 Å². The first kappa shape index (κ1) is 85.9. The average Bonchev–Trinajstić information content (AvgIpc) is 3.44. The van der Waals surface area contributed by atoms with Gasteiger partial charge in [-0.25, -0.2) is 0 Å². The maximum absolute atomic E-state index is 5.51. The predicted molar refractivity (Wildman–Crippen MR) is 408 cm³/mol. The number of benzene rings is 2. The van der Waals surface area contributed by atoms with Gasteiger partial charge in [-0.05, 0) is 86.8 Å². The smallest absolute Gasteiger partial charge is 0.0639 e. The molecule has 0 aromatic heterocycles. The number of unbranched alkanes of at least 4 members (excludes halogenated alkanes) is 59. The number of hydrogen-bond acceptors (Lipinski definition) is 2. The molecular formula is C87H154N2Pd.